The number of likely N-dealkylation sites (tertiary alicyclic amines) is 1. The van der Waals surface area contributed by atoms with Crippen molar-refractivity contribution < 1.29 is 14.6 Å². The Balaban J connectivity index is 0.000000396. The van der Waals surface area contributed by atoms with Gasteiger partial charge in [-0.2, -0.15) is 0 Å². The summed E-state index contributed by atoms with van der Waals surface area (Å²) in [4.78, 5) is 17.6. The van der Waals surface area contributed by atoms with Gasteiger partial charge in [0.25, 0.3) is 0 Å². The number of amides is 1. The van der Waals surface area contributed by atoms with E-state index in [0.29, 0.717) is 18.9 Å². The van der Waals surface area contributed by atoms with Crippen LogP contribution in [0.25, 0.3) is 0 Å². The Labute approximate surface area is 204 Å². The molecule has 0 spiro atoms. The van der Waals surface area contributed by atoms with Crippen molar-refractivity contribution in [1.29, 1.82) is 0 Å². The monoisotopic (exact) mass is 467 g/mol. The molecule has 0 unspecified atom stereocenters. The van der Waals surface area contributed by atoms with Gasteiger partial charge in [0.1, 0.15) is 5.75 Å². The Hall–Kier alpha value is -2.60. The van der Waals surface area contributed by atoms with Crippen LogP contribution in [0.1, 0.15) is 68.9 Å². The van der Waals surface area contributed by atoms with E-state index in [-0.39, 0.29) is 6.04 Å². The normalized spacial score (nSPS) is 18.4. The number of hydrogen-bond donors (Lipinski definition) is 2. The number of rotatable bonds is 7. The van der Waals surface area contributed by atoms with Crippen molar-refractivity contribution in [3.05, 3.63) is 59.9 Å². The van der Waals surface area contributed by atoms with Gasteiger partial charge in [0.15, 0.2) is 0 Å². The summed E-state index contributed by atoms with van der Waals surface area (Å²) in [7, 11) is 1.72. The molecule has 2 N–H and O–H groups in total. The van der Waals surface area contributed by atoms with Gasteiger partial charge in [0, 0.05) is 25.0 Å². The van der Waals surface area contributed by atoms with Gasteiger partial charge in [-0.15, -0.1) is 0 Å². The summed E-state index contributed by atoms with van der Waals surface area (Å²) in [5.74, 6) is 2.48. The van der Waals surface area contributed by atoms with Crippen molar-refractivity contribution in [2.45, 2.75) is 70.3 Å². The first kappa shape index (κ1) is 26.0. The van der Waals surface area contributed by atoms with E-state index in [0.717, 1.165) is 43.2 Å². The molecular formula is C28H41N3O3. The third-order valence-corrected chi connectivity index (χ3v) is 7.10. The van der Waals surface area contributed by atoms with Crippen LogP contribution in [0.3, 0.4) is 0 Å². The lowest BCUT2D eigenvalue weighted by molar-refractivity contribution is 0.168. The molecule has 6 heteroatoms. The van der Waals surface area contributed by atoms with Crippen LogP contribution in [-0.2, 0) is 6.42 Å². The number of pyridine rings is 1. The number of methoxy groups -OCH3 is 1. The van der Waals surface area contributed by atoms with Crippen molar-refractivity contribution in [2.24, 2.45) is 5.92 Å². The second-order valence-electron chi connectivity index (χ2n) is 9.77. The van der Waals surface area contributed by atoms with E-state index < -0.39 is 6.09 Å². The maximum atomic E-state index is 11.2. The fraction of sp³-hybridized carbons (Fsp3) is 0.571. The predicted octanol–water partition coefficient (Wildman–Crippen LogP) is 5.74. The van der Waals surface area contributed by atoms with Gasteiger partial charge >= 0.3 is 6.09 Å². The minimum atomic E-state index is -0.974. The Morgan fingerprint density at radius 2 is 1.76 bits per heavy atom. The maximum Gasteiger partial charge on any atom is 0.404 e. The molecule has 1 aromatic heterocycles. The molecule has 1 amide bonds. The molecular weight excluding hydrogens is 426 g/mol. The standard InChI is InChI=1S/C21H27N3O3.C7H14/c1-27-20-5-3-2-4-19(20)17-8-12-24(13-9-17)15-18(23-21(25)26)14-16-6-10-22-11-7-16;1-7-5-3-2-4-6-7/h2-7,10-11,17-18,23H,8-9,12-15H2,1H3,(H,25,26);7H,2-6H2,1H3/t18-;/m1./s1. The van der Waals surface area contributed by atoms with Gasteiger partial charge in [-0.3, -0.25) is 4.98 Å². The topological polar surface area (TPSA) is 74.7 Å². The van der Waals surface area contributed by atoms with Crippen LogP contribution in [0.2, 0.25) is 0 Å². The van der Waals surface area contributed by atoms with Crippen LogP contribution in [0.4, 0.5) is 4.79 Å². The number of para-hydroxylation sites is 1. The molecule has 0 radical (unpaired) electrons. The molecule has 2 heterocycles. The summed E-state index contributed by atoms with van der Waals surface area (Å²) in [6.07, 6.45) is 12.7. The van der Waals surface area contributed by atoms with Crippen LogP contribution in [-0.4, -0.2) is 53.9 Å². The quantitative estimate of drug-likeness (QED) is 0.543. The average molecular weight is 468 g/mol. The molecule has 1 aliphatic carbocycles. The Morgan fingerprint density at radius 1 is 1.09 bits per heavy atom. The highest BCUT2D eigenvalue weighted by Crippen LogP contribution is 2.34. The smallest absolute Gasteiger partial charge is 0.404 e. The Morgan fingerprint density at radius 3 is 2.35 bits per heavy atom. The number of nitrogens with one attached hydrogen (secondary N) is 1. The van der Waals surface area contributed by atoms with Crippen molar-refractivity contribution >= 4 is 6.09 Å². The van der Waals surface area contributed by atoms with Crippen LogP contribution in [0.5, 0.6) is 5.75 Å². The fourth-order valence-electron chi connectivity index (χ4n) is 5.19. The predicted molar refractivity (Wildman–Crippen MR) is 137 cm³/mol. The molecule has 186 valence electrons. The molecule has 2 aromatic rings. The van der Waals surface area contributed by atoms with E-state index >= 15 is 0 Å². The van der Waals surface area contributed by atoms with Gasteiger partial charge in [-0.25, -0.2) is 4.79 Å². The second kappa shape index (κ2) is 14.0. The Bertz CT molecular complexity index is 847. The first-order valence-corrected chi connectivity index (χ1v) is 12.8. The van der Waals surface area contributed by atoms with Crippen LogP contribution in [0.15, 0.2) is 48.8 Å². The van der Waals surface area contributed by atoms with Crippen molar-refractivity contribution in [2.75, 3.05) is 26.7 Å². The van der Waals surface area contributed by atoms with E-state index in [1.807, 2.05) is 24.3 Å². The number of carboxylic acid groups (broad SMARTS) is 1. The maximum absolute atomic E-state index is 11.2. The lowest BCUT2D eigenvalue weighted by Crippen LogP contribution is -2.46. The molecule has 4 rings (SSSR count). The zero-order valence-corrected chi connectivity index (χ0v) is 20.8. The van der Waals surface area contributed by atoms with Gasteiger partial charge in [-0.1, -0.05) is 57.2 Å². The summed E-state index contributed by atoms with van der Waals surface area (Å²) in [5, 5.41) is 11.9. The summed E-state index contributed by atoms with van der Waals surface area (Å²) < 4.78 is 5.51. The number of ether oxygens (including phenoxy) is 1. The van der Waals surface area contributed by atoms with Gasteiger partial charge < -0.3 is 20.1 Å². The van der Waals surface area contributed by atoms with Crippen molar-refractivity contribution in [3.8, 4) is 5.75 Å². The molecule has 2 fully saturated rings. The minimum Gasteiger partial charge on any atom is -0.496 e. The second-order valence-corrected chi connectivity index (χ2v) is 9.77. The van der Waals surface area contributed by atoms with Gasteiger partial charge in [0.2, 0.25) is 0 Å². The molecule has 1 saturated heterocycles. The number of nitrogens with zero attached hydrogens (tertiary/aromatic N) is 2. The number of benzene rings is 1. The molecule has 1 atom stereocenters. The third-order valence-electron chi connectivity index (χ3n) is 7.10. The first-order valence-electron chi connectivity index (χ1n) is 12.8. The van der Waals surface area contributed by atoms with Gasteiger partial charge in [0.05, 0.1) is 7.11 Å². The van der Waals surface area contributed by atoms with Crippen molar-refractivity contribution in [1.82, 2.24) is 15.2 Å². The molecule has 1 aromatic carbocycles. The summed E-state index contributed by atoms with van der Waals surface area (Å²) >= 11 is 0. The molecule has 34 heavy (non-hydrogen) atoms. The Kier molecular flexibility index (Phi) is 10.7. The highest BCUT2D eigenvalue weighted by molar-refractivity contribution is 5.64. The van der Waals surface area contributed by atoms with Crippen LogP contribution >= 0.6 is 0 Å². The lowest BCUT2D eigenvalue weighted by atomic mass is 9.88. The largest absolute Gasteiger partial charge is 0.496 e. The minimum absolute atomic E-state index is 0.132. The average Bonchev–Trinajstić information content (AvgIpc) is 2.85. The SMILES string of the molecule is CC1CCCCC1.COc1ccccc1C1CCN(C[C@@H](Cc2ccncc2)NC(=O)O)CC1. The number of carbonyl (C=O) groups is 1. The number of hydrogen-bond acceptors (Lipinski definition) is 4. The van der Waals surface area contributed by atoms with Gasteiger partial charge in [-0.05, 0) is 73.5 Å². The molecule has 0 bridgehead atoms. The summed E-state index contributed by atoms with van der Waals surface area (Å²) in [5.41, 5.74) is 2.37. The summed E-state index contributed by atoms with van der Waals surface area (Å²) in [6.45, 7) is 4.99. The van der Waals surface area contributed by atoms with E-state index in [9.17, 15) is 9.90 Å². The van der Waals surface area contributed by atoms with E-state index in [2.05, 4.69) is 34.3 Å². The van der Waals surface area contributed by atoms with Crippen LogP contribution in [0, 0.1) is 5.92 Å². The third kappa shape index (κ3) is 8.64. The number of piperidine rings is 1. The molecule has 1 aliphatic heterocycles. The highest BCUT2D eigenvalue weighted by Gasteiger charge is 2.25. The lowest BCUT2D eigenvalue weighted by Gasteiger charge is -2.34. The number of aromatic nitrogens is 1. The molecule has 1 saturated carbocycles. The first-order chi connectivity index (χ1) is 16.5. The van der Waals surface area contributed by atoms with E-state index in [1.165, 1.54) is 37.7 Å². The zero-order chi connectivity index (χ0) is 24.2. The summed E-state index contributed by atoms with van der Waals surface area (Å²) in [6, 6.07) is 12.0. The van der Waals surface area contributed by atoms with E-state index in [4.69, 9.17) is 4.74 Å². The molecule has 2 aliphatic rings. The van der Waals surface area contributed by atoms with E-state index in [1.54, 1.807) is 19.5 Å². The zero-order valence-electron chi connectivity index (χ0n) is 20.8. The van der Waals surface area contributed by atoms with Crippen molar-refractivity contribution in [3.63, 3.8) is 0 Å². The van der Waals surface area contributed by atoms with Crippen LogP contribution < -0.4 is 10.1 Å². The molecule has 6 nitrogen and oxygen atoms in total. The fourth-order valence-corrected chi connectivity index (χ4v) is 5.19. The highest BCUT2D eigenvalue weighted by atomic mass is 16.5.